The Kier molecular flexibility index (Phi) is 4.46. The molecule has 1 spiro atoms. The molecule has 0 aliphatic carbocycles. The van der Waals surface area contributed by atoms with Crippen LogP contribution in [0.5, 0.6) is 0 Å². The first-order valence-electron chi connectivity index (χ1n) is 10.0. The number of aromatic nitrogens is 2. The summed E-state index contributed by atoms with van der Waals surface area (Å²) in [5, 5.41) is 0.624. The summed E-state index contributed by atoms with van der Waals surface area (Å²) in [5.74, 6) is 6.66. The molecule has 3 heterocycles. The van der Waals surface area contributed by atoms with Gasteiger partial charge in [-0.25, -0.2) is 4.98 Å². The van der Waals surface area contributed by atoms with Crippen LogP contribution in [0.3, 0.4) is 0 Å². The Bertz CT molecular complexity index is 1210. The number of benzene rings is 2. The van der Waals surface area contributed by atoms with Crippen molar-refractivity contribution in [3.05, 3.63) is 75.3 Å². The highest BCUT2D eigenvalue weighted by molar-refractivity contribution is 5.79. The molecular formula is C24H22N2O3. The topological polar surface area (TPSA) is 53.4 Å². The van der Waals surface area contributed by atoms with Gasteiger partial charge in [0.2, 0.25) is 0 Å². The van der Waals surface area contributed by atoms with Crippen LogP contribution in [0.25, 0.3) is 10.9 Å². The molecule has 0 amide bonds. The summed E-state index contributed by atoms with van der Waals surface area (Å²) in [4.78, 5) is 17.9. The van der Waals surface area contributed by atoms with Gasteiger partial charge in [0.25, 0.3) is 5.56 Å². The van der Waals surface area contributed by atoms with E-state index in [1.165, 1.54) is 0 Å². The molecule has 5 rings (SSSR count). The van der Waals surface area contributed by atoms with E-state index in [-0.39, 0.29) is 5.56 Å². The molecule has 1 aromatic heterocycles. The lowest BCUT2D eigenvalue weighted by Crippen LogP contribution is -2.31. The Labute approximate surface area is 169 Å². The van der Waals surface area contributed by atoms with Crippen LogP contribution < -0.4 is 5.56 Å². The fourth-order valence-electron chi connectivity index (χ4n) is 4.11. The third-order valence-corrected chi connectivity index (χ3v) is 5.78. The maximum absolute atomic E-state index is 13.1. The van der Waals surface area contributed by atoms with Gasteiger partial charge in [0, 0.05) is 36.9 Å². The molecule has 0 N–H and O–H groups in total. The Morgan fingerprint density at radius 3 is 2.72 bits per heavy atom. The summed E-state index contributed by atoms with van der Waals surface area (Å²) in [5.41, 5.74) is 3.70. The van der Waals surface area contributed by atoms with E-state index in [9.17, 15) is 4.79 Å². The van der Waals surface area contributed by atoms with E-state index in [1.54, 1.807) is 4.57 Å². The molecule has 3 aromatic rings. The minimum absolute atomic E-state index is 0.00143. The summed E-state index contributed by atoms with van der Waals surface area (Å²) >= 11 is 0. The van der Waals surface area contributed by atoms with E-state index >= 15 is 0 Å². The van der Waals surface area contributed by atoms with Crippen molar-refractivity contribution in [2.75, 3.05) is 13.2 Å². The van der Waals surface area contributed by atoms with E-state index < -0.39 is 5.79 Å². The molecule has 1 fully saturated rings. The highest BCUT2D eigenvalue weighted by Gasteiger charge is 2.38. The van der Waals surface area contributed by atoms with Crippen molar-refractivity contribution in [2.24, 2.45) is 0 Å². The van der Waals surface area contributed by atoms with Crippen molar-refractivity contribution < 1.29 is 9.47 Å². The summed E-state index contributed by atoms with van der Waals surface area (Å²) in [7, 11) is 0. The average molecular weight is 386 g/mol. The van der Waals surface area contributed by atoms with Crippen molar-refractivity contribution >= 4 is 10.9 Å². The maximum Gasteiger partial charge on any atom is 0.261 e. The van der Waals surface area contributed by atoms with Crippen LogP contribution in [0.4, 0.5) is 0 Å². The first-order valence-corrected chi connectivity index (χ1v) is 10.0. The largest absolute Gasteiger partial charge is 0.347 e. The Balaban J connectivity index is 1.52. The second-order valence-electron chi connectivity index (χ2n) is 7.64. The molecule has 2 aliphatic heterocycles. The molecule has 1 saturated heterocycles. The van der Waals surface area contributed by atoms with Crippen LogP contribution in [-0.2, 0) is 22.4 Å². The second-order valence-corrected chi connectivity index (χ2v) is 7.64. The standard InChI is InChI=1S/C24H22N2O3/c1-17-4-2-3-5-19(17)8-6-18-7-9-20-21(16-18)25-22-10-11-24(28-14-15-29-24)12-13-26(22)23(20)27/h2-5,7,9,16H,10-15H2,1H3. The van der Waals surface area contributed by atoms with Crippen LogP contribution in [0.2, 0.25) is 0 Å². The molecule has 0 bridgehead atoms. The highest BCUT2D eigenvalue weighted by atomic mass is 16.7. The molecule has 29 heavy (non-hydrogen) atoms. The molecule has 5 heteroatoms. The van der Waals surface area contributed by atoms with Gasteiger partial charge in [0.1, 0.15) is 5.82 Å². The third-order valence-electron chi connectivity index (χ3n) is 5.78. The molecule has 0 saturated carbocycles. The Morgan fingerprint density at radius 1 is 1.07 bits per heavy atom. The number of aryl methyl sites for hydroxylation is 2. The van der Waals surface area contributed by atoms with Crippen LogP contribution in [0.15, 0.2) is 47.3 Å². The zero-order valence-electron chi connectivity index (χ0n) is 16.4. The average Bonchev–Trinajstić information content (AvgIpc) is 3.12. The van der Waals surface area contributed by atoms with Crippen molar-refractivity contribution in [1.29, 1.82) is 0 Å². The number of hydrogen-bond acceptors (Lipinski definition) is 4. The quantitative estimate of drug-likeness (QED) is 0.557. The number of rotatable bonds is 0. The number of hydrogen-bond donors (Lipinski definition) is 0. The first-order chi connectivity index (χ1) is 14.1. The number of fused-ring (bicyclic) bond motifs is 2. The van der Waals surface area contributed by atoms with Crippen molar-refractivity contribution in [3.8, 4) is 11.8 Å². The van der Waals surface area contributed by atoms with E-state index in [0.717, 1.165) is 28.9 Å². The van der Waals surface area contributed by atoms with E-state index in [0.29, 0.717) is 43.5 Å². The van der Waals surface area contributed by atoms with Crippen LogP contribution in [-0.4, -0.2) is 28.6 Å². The zero-order chi connectivity index (χ0) is 19.8. The molecule has 146 valence electrons. The molecule has 2 aromatic carbocycles. The predicted molar refractivity (Wildman–Crippen MR) is 111 cm³/mol. The van der Waals surface area contributed by atoms with E-state index in [1.807, 2.05) is 49.4 Å². The second kappa shape index (κ2) is 7.14. The van der Waals surface area contributed by atoms with Crippen LogP contribution in [0, 0.1) is 18.8 Å². The van der Waals surface area contributed by atoms with Crippen molar-refractivity contribution in [3.63, 3.8) is 0 Å². The van der Waals surface area contributed by atoms with Gasteiger partial charge in [-0.15, -0.1) is 0 Å². The summed E-state index contributed by atoms with van der Waals surface area (Å²) in [6, 6.07) is 13.7. The summed E-state index contributed by atoms with van der Waals surface area (Å²) in [6.45, 7) is 3.84. The molecule has 0 unspecified atom stereocenters. The molecule has 5 nitrogen and oxygen atoms in total. The molecular weight excluding hydrogens is 364 g/mol. The van der Waals surface area contributed by atoms with Gasteiger partial charge in [0.15, 0.2) is 5.79 Å². The maximum atomic E-state index is 13.1. The van der Waals surface area contributed by atoms with Gasteiger partial charge in [-0.1, -0.05) is 30.0 Å². The van der Waals surface area contributed by atoms with Gasteiger partial charge in [-0.2, -0.15) is 0 Å². The van der Waals surface area contributed by atoms with Gasteiger partial charge in [0.05, 0.1) is 24.1 Å². The lowest BCUT2D eigenvalue weighted by molar-refractivity contribution is -0.165. The number of nitrogens with zero attached hydrogens (tertiary/aromatic N) is 2. The normalized spacial score (nSPS) is 17.6. The minimum atomic E-state index is -0.559. The smallest absolute Gasteiger partial charge is 0.261 e. The van der Waals surface area contributed by atoms with Crippen LogP contribution in [0.1, 0.15) is 35.4 Å². The first kappa shape index (κ1) is 18.1. The van der Waals surface area contributed by atoms with E-state index in [2.05, 4.69) is 11.8 Å². The Morgan fingerprint density at radius 2 is 1.90 bits per heavy atom. The van der Waals surface area contributed by atoms with Gasteiger partial charge >= 0.3 is 0 Å². The van der Waals surface area contributed by atoms with Gasteiger partial charge in [-0.05, 0) is 36.8 Å². The zero-order valence-corrected chi connectivity index (χ0v) is 16.4. The SMILES string of the molecule is Cc1ccccc1C#Cc1ccc2c(=O)n3c(nc2c1)CCC1(CC3)OCCO1. The molecule has 2 aliphatic rings. The lowest BCUT2D eigenvalue weighted by atomic mass is 10.1. The number of ether oxygens (including phenoxy) is 2. The van der Waals surface area contributed by atoms with Crippen molar-refractivity contribution in [2.45, 2.75) is 38.5 Å². The summed E-state index contributed by atoms with van der Waals surface area (Å²) in [6.07, 6.45) is 2.05. The Hall–Kier alpha value is -2.94. The van der Waals surface area contributed by atoms with Gasteiger partial charge < -0.3 is 9.47 Å². The fourth-order valence-corrected chi connectivity index (χ4v) is 4.11. The lowest BCUT2D eigenvalue weighted by Gasteiger charge is -2.24. The van der Waals surface area contributed by atoms with Crippen LogP contribution >= 0.6 is 0 Å². The minimum Gasteiger partial charge on any atom is -0.347 e. The van der Waals surface area contributed by atoms with Gasteiger partial charge in [-0.3, -0.25) is 9.36 Å². The monoisotopic (exact) mass is 386 g/mol. The molecule has 0 atom stereocenters. The third kappa shape index (κ3) is 3.35. The van der Waals surface area contributed by atoms with E-state index in [4.69, 9.17) is 14.5 Å². The predicted octanol–water partition coefficient (Wildman–Crippen LogP) is 3.18. The highest BCUT2D eigenvalue weighted by Crippen LogP contribution is 2.31. The van der Waals surface area contributed by atoms with Crippen molar-refractivity contribution in [1.82, 2.24) is 9.55 Å². The molecule has 0 radical (unpaired) electrons. The fraction of sp³-hybridized carbons (Fsp3) is 0.333. The summed E-state index contributed by atoms with van der Waals surface area (Å²) < 4.78 is 13.5.